The summed E-state index contributed by atoms with van der Waals surface area (Å²) < 4.78 is 0.724. The molecule has 0 saturated heterocycles. The number of nitrogens with two attached hydrogens (primary N) is 1. The summed E-state index contributed by atoms with van der Waals surface area (Å²) in [7, 11) is 0. The molecule has 16 heavy (non-hydrogen) atoms. The van der Waals surface area contributed by atoms with Crippen molar-refractivity contribution in [2.75, 3.05) is 5.73 Å². The smallest absolute Gasteiger partial charge is 0.113 e. The quantitative estimate of drug-likeness (QED) is 0.464. The van der Waals surface area contributed by atoms with Crippen molar-refractivity contribution in [1.82, 2.24) is 9.97 Å². The first-order valence-electron chi connectivity index (χ1n) is 5.16. The van der Waals surface area contributed by atoms with Gasteiger partial charge in [-0.1, -0.05) is 26.1 Å². The lowest BCUT2D eigenvalue weighted by Gasteiger charge is -2.06. The van der Waals surface area contributed by atoms with Crippen molar-refractivity contribution >= 4 is 41.4 Å². The summed E-state index contributed by atoms with van der Waals surface area (Å²) in [5.41, 5.74) is 9.66. The summed E-state index contributed by atoms with van der Waals surface area (Å²) in [5, 5.41) is 1.85. The molecule has 4 N–H and O–H groups in total. The fourth-order valence-electron chi connectivity index (χ4n) is 1.99. The van der Waals surface area contributed by atoms with Gasteiger partial charge in [0.1, 0.15) is 4.64 Å². The number of fused-ring (bicyclic) bond motifs is 1. The fraction of sp³-hybridized carbons (Fsp3) is 0.364. The average molecular weight is 253 g/mol. The molecule has 86 valence electrons. The van der Waals surface area contributed by atoms with Gasteiger partial charge in [0.25, 0.3) is 0 Å². The zero-order valence-corrected chi connectivity index (χ0v) is 11.2. The number of rotatable bonds is 1. The fourth-order valence-corrected chi connectivity index (χ4v) is 2.84. The molecule has 2 aromatic rings. The lowest BCUT2D eigenvalue weighted by Crippen LogP contribution is -1.95. The number of hydrogen-bond donors (Lipinski definition) is 4. The van der Waals surface area contributed by atoms with E-state index >= 15 is 0 Å². The zero-order valence-electron chi connectivity index (χ0n) is 9.51. The van der Waals surface area contributed by atoms with Gasteiger partial charge in [0.2, 0.25) is 0 Å². The monoisotopic (exact) mass is 253 g/mol. The highest BCUT2D eigenvalue weighted by molar-refractivity contribution is 7.80. The molecule has 2 aromatic heterocycles. The Hall–Kier alpha value is -0.940. The minimum Gasteiger partial charge on any atom is -0.396 e. The largest absolute Gasteiger partial charge is 0.396 e. The van der Waals surface area contributed by atoms with E-state index in [0.29, 0.717) is 11.6 Å². The van der Waals surface area contributed by atoms with Gasteiger partial charge in [-0.05, 0) is 18.4 Å². The lowest BCUT2D eigenvalue weighted by atomic mass is 10.0. The maximum atomic E-state index is 6.03. The van der Waals surface area contributed by atoms with Gasteiger partial charge in [-0.2, -0.15) is 0 Å². The van der Waals surface area contributed by atoms with Crippen LogP contribution in [0.15, 0.2) is 5.03 Å². The molecule has 0 spiro atoms. The molecule has 0 aliphatic carbocycles. The van der Waals surface area contributed by atoms with E-state index in [1.54, 1.807) is 0 Å². The molecule has 0 aliphatic rings. The highest BCUT2D eigenvalue weighted by Gasteiger charge is 2.16. The molecule has 0 bridgehead atoms. The molecule has 0 radical (unpaired) electrons. The normalized spacial score (nSPS) is 11.6. The van der Waals surface area contributed by atoms with E-state index in [-0.39, 0.29) is 0 Å². The minimum absolute atomic E-state index is 0.360. The van der Waals surface area contributed by atoms with Crippen LogP contribution in [0.3, 0.4) is 0 Å². The Bertz CT molecular complexity index is 608. The number of aromatic amines is 2. The van der Waals surface area contributed by atoms with Gasteiger partial charge in [0.05, 0.1) is 16.2 Å². The summed E-state index contributed by atoms with van der Waals surface area (Å²) >= 11 is 9.81. The molecule has 0 aliphatic heterocycles. The second kappa shape index (κ2) is 3.82. The van der Waals surface area contributed by atoms with Crippen LogP contribution in [0.5, 0.6) is 0 Å². The Labute approximate surface area is 105 Å². The number of pyridine rings is 1. The van der Waals surface area contributed by atoms with E-state index in [2.05, 4.69) is 36.4 Å². The number of hydrogen-bond acceptors (Lipinski definition) is 3. The Morgan fingerprint density at radius 3 is 2.50 bits per heavy atom. The van der Waals surface area contributed by atoms with Gasteiger partial charge in [0, 0.05) is 11.1 Å². The van der Waals surface area contributed by atoms with Gasteiger partial charge >= 0.3 is 0 Å². The molecule has 0 saturated carbocycles. The average Bonchev–Trinajstić information content (AvgIpc) is 2.52. The third-order valence-corrected chi connectivity index (χ3v) is 3.46. The standard InChI is InChI=1S/C11H15N3S2/c1-4(2)6-7-9(14-10(6)15)8(12)5(3)13-11(7)16/h4,14-15H,12H2,1-3H3,(H,13,16). The summed E-state index contributed by atoms with van der Waals surface area (Å²) in [5.74, 6) is 0.360. The molecule has 2 rings (SSSR count). The number of thiol groups is 1. The predicted molar refractivity (Wildman–Crippen MR) is 74.0 cm³/mol. The predicted octanol–water partition coefficient (Wildman–Crippen LogP) is 3.53. The van der Waals surface area contributed by atoms with Crippen molar-refractivity contribution in [3.8, 4) is 0 Å². The van der Waals surface area contributed by atoms with E-state index in [1.165, 1.54) is 0 Å². The van der Waals surface area contributed by atoms with Gasteiger partial charge in [0.15, 0.2) is 0 Å². The molecule has 3 nitrogen and oxygen atoms in total. The second-order valence-electron chi connectivity index (χ2n) is 4.28. The first-order chi connectivity index (χ1) is 7.43. The van der Waals surface area contributed by atoms with E-state index in [0.717, 1.165) is 31.8 Å². The van der Waals surface area contributed by atoms with Crippen molar-refractivity contribution in [3.05, 3.63) is 15.9 Å². The number of nitrogens with one attached hydrogen (secondary N) is 2. The highest BCUT2D eigenvalue weighted by Crippen LogP contribution is 2.34. The highest BCUT2D eigenvalue weighted by atomic mass is 32.1. The Kier molecular flexibility index (Phi) is 2.75. The minimum atomic E-state index is 0.360. The summed E-state index contributed by atoms with van der Waals surface area (Å²) in [4.78, 5) is 6.34. The second-order valence-corrected chi connectivity index (χ2v) is 5.14. The molecule has 2 heterocycles. The topological polar surface area (TPSA) is 57.6 Å². The number of H-pyrrole nitrogens is 2. The maximum Gasteiger partial charge on any atom is 0.113 e. The van der Waals surface area contributed by atoms with E-state index in [4.69, 9.17) is 18.0 Å². The van der Waals surface area contributed by atoms with Gasteiger partial charge in [-0.15, -0.1) is 12.6 Å². The summed E-state index contributed by atoms with van der Waals surface area (Å²) in [6.45, 7) is 6.15. The van der Waals surface area contributed by atoms with Crippen molar-refractivity contribution in [2.45, 2.75) is 31.7 Å². The first-order valence-corrected chi connectivity index (χ1v) is 6.02. The van der Waals surface area contributed by atoms with E-state index < -0.39 is 0 Å². The van der Waals surface area contributed by atoms with Gasteiger partial charge in [-0.3, -0.25) is 0 Å². The van der Waals surface area contributed by atoms with Crippen LogP contribution in [0, 0.1) is 11.6 Å². The number of aromatic nitrogens is 2. The van der Waals surface area contributed by atoms with Crippen molar-refractivity contribution in [1.29, 1.82) is 0 Å². The van der Waals surface area contributed by atoms with Gasteiger partial charge in [-0.25, -0.2) is 0 Å². The molecule has 0 unspecified atom stereocenters. The molecule has 0 fully saturated rings. The van der Waals surface area contributed by atoms with Gasteiger partial charge < -0.3 is 15.7 Å². The summed E-state index contributed by atoms with van der Waals surface area (Å²) in [6, 6.07) is 0. The van der Waals surface area contributed by atoms with Crippen LogP contribution in [0.2, 0.25) is 0 Å². The van der Waals surface area contributed by atoms with Crippen LogP contribution in [0.1, 0.15) is 31.0 Å². The molecule has 0 atom stereocenters. The maximum absolute atomic E-state index is 6.03. The SMILES string of the molecule is Cc1[nH]c(=S)c2c(C(C)C)c(S)[nH]c2c1N. The Morgan fingerprint density at radius 2 is 1.94 bits per heavy atom. The third kappa shape index (κ3) is 1.55. The molecular formula is C11H15N3S2. The molecule has 5 heteroatoms. The van der Waals surface area contributed by atoms with Crippen LogP contribution in [0.25, 0.3) is 10.9 Å². The van der Waals surface area contributed by atoms with Crippen LogP contribution in [0.4, 0.5) is 5.69 Å². The van der Waals surface area contributed by atoms with Crippen molar-refractivity contribution in [3.63, 3.8) is 0 Å². The number of nitrogen functional groups attached to an aromatic ring is 1. The lowest BCUT2D eigenvalue weighted by molar-refractivity contribution is 0.846. The van der Waals surface area contributed by atoms with Crippen molar-refractivity contribution < 1.29 is 0 Å². The third-order valence-electron chi connectivity index (χ3n) is 2.80. The number of aryl methyl sites for hydroxylation is 1. The first kappa shape index (κ1) is 11.5. The molecule has 0 amide bonds. The van der Waals surface area contributed by atoms with Crippen LogP contribution >= 0.6 is 24.8 Å². The van der Waals surface area contributed by atoms with Crippen LogP contribution < -0.4 is 5.73 Å². The zero-order chi connectivity index (χ0) is 12.0. The molecule has 0 aromatic carbocycles. The van der Waals surface area contributed by atoms with Crippen molar-refractivity contribution in [2.24, 2.45) is 0 Å². The van der Waals surface area contributed by atoms with E-state index in [1.807, 2.05) is 6.92 Å². The van der Waals surface area contributed by atoms with Crippen LogP contribution in [-0.4, -0.2) is 9.97 Å². The molecular weight excluding hydrogens is 238 g/mol. The summed E-state index contributed by atoms with van der Waals surface area (Å²) in [6.07, 6.45) is 0. The van der Waals surface area contributed by atoms with Crippen LogP contribution in [-0.2, 0) is 0 Å². The van der Waals surface area contributed by atoms with E-state index in [9.17, 15) is 0 Å². The Morgan fingerprint density at radius 1 is 1.31 bits per heavy atom. The Balaban J connectivity index is 3.01. The number of anilines is 1.